The molecule has 1 saturated heterocycles. The number of halogens is 1. The van der Waals surface area contributed by atoms with Crippen LogP contribution in [0.5, 0.6) is 0 Å². The zero-order valence-electron chi connectivity index (χ0n) is 10.2. The lowest BCUT2D eigenvalue weighted by Crippen LogP contribution is -2.27. The second-order valence-electron chi connectivity index (χ2n) is 4.56. The largest absolute Gasteiger partial charge is 0.365 e. The number of carbonyl (C=O) groups excluding carboxylic acids is 1. The first-order valence-electron chi connectivity index (χ1n) is 6.02. The Labute approximate surface area is 119 Å². The Morgan fingerprint density at radius 2 is 2.32 bits per heavy atom. The van der Waals surface area contributed by atoms with E-state index in [0.717, 1.165) is 30.1 Å². The Morgan fingerprint density at radius 3 is 3.05 bits per heavy atom. The van der Waals surface area contributed by atoms with Gasteiger partial charge in [0.15, 0.2) is 0 Å². The van der Waals surface area contributed by atoms with E-state index in [1.165, 1.54) is 0 Å². The molecule has 2 atom stereocenters. The van der Waals surface area contributed by atoms with Gasteiger partial charge in [-0.25, -0.2) is 0 Å². The van der Waals surface area contributed by atoms with E-state index in [0.29, 0.717) is 16.2 Å². The minimum absolute atomic E-state index is 0.128. The van der Waals surface area contributed by atoms with Crippen molar-refractivity contribution in [3.8, 4) is 0 Å². The number of fused-ring (bicyclic) bond motifs is 1. The van der Waals surface area contributed by atoms with E-state index < -0.39 is 6.10 Å². The van der Waals surface area contributed by atoms with Crippen LogP contribution in [0.15, 0.2) is 12.1 Å². The van der Waals surface area contributed by atoms with Crippen molar-refractivity contribution in [1.82, 2.24) is 8.75 Å². The predicted octanol–water partition coefficient (Wildman–Crippen LogP) is 2.85. The van der Waals surface area contributed by atoms with Crippen LogP contribution in [0.2, 0.25) is 5.02 Å². The van der Waals surface area contributed by atoms with Crippen molar-refractivity contribution in [3.05, 3.63) is 17.2 Å². The number of aromatic nitrogens is 2. The zero-order valence-corrected chi connectivity index (χ0v) is 11.8. The van der Waals surface area contributed by atoms with Crippen LogP contribution in [-0.4, -0.2) is 26.9 Å². The molecule has 0 spiro atoms. The van der Waals surface area contributed by atoms with Gasteiger partial charge >= 0.3 is 0 Å². The van der Waals surface area contributed by atoms with Crippen molar-refractivity contribution in [2.75, 3.05) is 5.32 Å². The fraction of sp³-hybridized carbons (Fsp3) is 0.417. The van der Waals surface area contributed by atoms with E-state index in [1.54, 1.807) is 12.1 Å². The number of carbonyl (C=O) groups is 1. The van der Waals surface area contributed by atoms with Crippen LogP contribution in [0.25, 0.3) is 11.0 Å². The molecular formula is C12H12ClN3O2S. The molecule has 1 amide bonds. The second kappa shape index (κ2) is 5.03. The van der Waals surface area contributed by atoms with Gasteiger partial charge in [-0.3, -0.25) is 4.79 Å². The molecule has 0 radical (unpaired) electrons. The molecule has 0 saturated carbocycles. The summed E-state index contributed by atoms with van der Waals surface area (Å²) in [4.78, 5) is 12.1. The lowest BCUT2D eigenvalue weighted by atomic mass is 10.2. The number of anilines is 1. The summed E-state index contributed by atoms with van der Waals surface area (Å²) < 4.78 is 13.8. The molecule has 19 heavy (non-hydrogen) atoms. The maximum atomic E-state index is 12.1. The van der Waals surface area contributed by atoms with Gasteiger partial charge in [-0.05, 0) is 31.9 Å². The van der Waals surface area contributed by atoms with Gasteiger partial charge in [-0.1, -0.05) is 11.6 Å². The van der Waals surface area contributed by atoms with Crippen LogP contribution in [0.1, 0.15) is 19.8 Å². The third kappa shape index (κ3) is 2.43. The normalized spacial score (nSPS) is 22.8. The monoisotopic (exact) mass is 297 g/mol. The molecule has 5 nitrogen and oxygen atoms in total. The minimum Gasteiger partial charge on any atom is -0.365 e. The molecule has 1 fully saturated rings. The number of benzene rings is 1. The molecule has 1 aromatic carbocycles. The first kappa shape index (κ1) is 12.8. The van der Waals surface area contributed by atoms with Gasteiger partial charge in [0.1, 0.15) is 17.1 Å². The van der Waals surface area contributed by atoms with Crippen molar-refractivity contribution in [2.45, 2.75) is 32.0 Å². The summed E-state index contributed by atoms with van der Waals surface area (Å²) in [6.45, 7) is 1.96. The number of nitrogens with zero attached hydrogens (tertiary/aromatic N) is 2. The number of ether oxygens (including phenoxy) is 1. The quantitative estimate of drug-likeness (QED) is 0.926. The summed E-state index contributed by atoms with van der Waals surface area (Å²) in [6.07, 6.45) is 1.35. The van der Waals surface area contributed by atoms with Gasteiger partial charge in [-0.2, -0.15) is 8.75 Å². The van der Waals surface area contributed by atoms with Crippen molar-refractivity contribution in [3.63, 3.8) is 0 Å². The number of hydrogen-bond acceptors (Lipinski definition) is 5. The Kier molecular flexibility index (Phi) is 3.38. The van der Waals surface area contributed by atoms with Crippen molar-refractivity contribution in [1.29, 1.82) is 0 Å². The van der Waals surface area contributed by atoms with Gasteiger partial charge < -0.3 is 10.1 Å². The lowest BCUT2D eigenvalue weighted by molar-refractivity contribution is -0.126. The smallest absolute Gasteiger partial charge is 0.253 e. The van der Waals surface area contributed by atoms with Gasteiger partial charge in [0.25, 0.3) is 5.91 Å². The summed E-state index contributed by atoms with van der Waals surface area (Å²) in [7, 11) is 0. The molecule has 1 aliphatic rings. The zero-order chi connectivity index (χ0) is 13.4. The molecule has 0 unspecified atom stereocenters. The molecule has 100 valence electrons. The molecule has 0 bridgehead atoms. The van der Waals surface area contributed by atoms with Crippen molar-refractivity contribution >= 4 is 46.0 Å². The fourth-order valence-electron chi connectivity index (χ4n) is 2.14. The standard InChI is InChI=1S/C12H12ClN3O2S/c1-6-2-5-9(18-6)12(17)14-10-7(13)3-4-8-11(10)16-19-15-8/h3-4,6,9H,2,5H2,1H3,(H,14,17)/t6-,9+/m1/s1. The van der Waals surface area contributed by atoms with E-state index in [1.807, 2.05) is 6.92 Å². The van der Waals surface area contributed by atoms with Crippen LogP contribution >= 0.6 is 23.3 Å². The van der Waals surface area contributed by atoms with Gasteiger partial charge in [0.2, 0.25) is 0 Å². The molecular weight excluding hydrogens is 286 g/mol. The Morgan fingerprint density at radius 1 is 1.47 bits per heavy atom. The number of hydrogen-bond donors (Lipinski definition) is 1. The Balaban J connectivity index is 1.86. The van der Waals surface area contributed by atoms with Gasteiger partial charge in [0.05, 0.1) is 28.5 Å². The molecule has 2 aromatic rings. The van der Waals surface area contributed by atoms with Crippen molar-refractivity contribution in [2.24, 2.45) is 0 Å². The SMILES string of the molecule is C[C@@H]1CC[C@@H](C(=O)Nc2c(Cl)ccc3nsnc23)O1. The average Bonchev–Trinajstić information content (AvgIpc) is 3.01. The summed E-state index contributed by atoms with van der Waals surface area (Å²) >= 11 is 7.22. The van der Waals surface area contributed by atoms with Gasteiger partial charge in [0, 0.05) is 0 Å². The van der Waals surface area contributed by atoms with E-state index >= 15 is 0 Å². The summed E-state index contributed by atoms with van der Waals surface area (Å²) in [6, 6.07) is 3.49. The van der Waals surface area contributed by atoms with E-state index in [-0.39, 0.29) is 12.0 Å². The Hall–Kier alpha value is -1.24. The van der Waals surface area contributed by atoms with Crippen LogP contribution in [0, 0.1) is 0 Å². The molecule has 1 aliphatic heterocycles. The van der Waals surface area contributed by atoms with E-state index in [9.17, 15) is 4.79 Å². The maximum Gasteiger partial charge on any atom is 0.253 e. The minimum atomic E-state index is -0.409. The highest BCUT2D eigenvalue weighted by atomic mass is 35.5. The predicted molar refractivity (Wildman–Crippen MR) is 74.6 cm³/mol. The summed E-state index contributed by atoms with van der Waals surface area (Å²) in [5, 5.41) is 3.27. The lowest BCUT2D eigenvalue weighted by Gasteiger charge is -2.12. The number of nitrogens with one attached hydrogen (secondary N) is 1. The van der Waals surface area contributed by atoms with Crippen molar-refractivity contribution < 1.29 is 9.53 Å². The van der Waals surface area contributed by atoms with E-state index in [2.05, 4.69) is 14.1 Å². The number of amides is 1. The molecule has 0 aliphatic carbocycles. The highest BCUT2D eigenvalue weighted by molar-refractivity contribution is 7.00. The maximum absolute atomic E-state index is 12.1. The molecule has 7 heteroatoms. The molecule has 1 aromatic heterocycles. The van der Waals surface area contributed by atoms with Crippen LogP contribution < -0.4 is 5.32 Å². The second-order valence-corrected chi connectivity index (χ2v) is 5.49. The highest BCUT2D eigenvalue weighted by Gasteiger charge is 2.29. The third-order valence-corrected chi connectivity index (χ3v) is 4.01. The van der Waals surface area contributed by atoms with E-state index in [4.69, 9.17) is 16.3 Å². The third-order valence-electron chi connectivity index (χ3n) is 3.15. The van der Waals surface area contributed by atoms with Crippen LogP contribution in [0.4, 0.5) is 5.69 Å². The first-order valence-corrected chi connectivity index (χ1v) is 7.13. The van der Waals surface area contributed by atoms with Gasteiger partial charge in [-0.15, -0.1) is 0 Å². The molecule has 1 N–H and O–H groups in total. The number of rotatable bonds is 2. The molecule has 2 heterocycles. The Bertz CT molecular complexity index is 630. The highest BCUT2D eigenvalue weighted by Crippen LogP contribution is 2.31. The van der Waals surface area contributed by atoms with Crippen LogP contribution in [0.3, 0.4) is 0 Å². The fourth-order valence-corrected chi connectivity index (χ4v) is 2.89. The topological polar surface area (TPSA) is 64.1 Å². The molecule has 3 rings (SSSR count). The van der Waals surface area contributed by atoms with Crippen LogP contribution in [-0.2, 0) is 9.53 Å². The average molecular weight is 298 g/mol. The first-order chi connectivity index (χ1) is 9.15. The summed E-state index contributed by atoms with van der Waals surface area (Å²) in [5.74, 6) is -0.174. The summed E-state index contributed by atoms with van der Waals surface area (Å²) in [5.41, 5.74) is 1.86.